The van der Waals surface area contributed by atoms with Crippen molar-refractivity contribution < 1.29 is 12.8 Å². The van der Waals surface area contributed by atoms with Crippen molar-refractivity contribution in [2.75, 3.05) is 5.32 Å². The van der Waals surface area contributed by atoms with Crippen LogP contribution in [-0.2, 0) is 16.6 Å². The van der Waals surface area contributed by atoms with Crippen LogP contribution in [0.3, 0.4) is 0 Å². The van der Waals surface area contributed by atoms with Crippen molar-refractivity contribution in [3.63, 3.8) is 0 Å². The van der Waals surface area contributed by atoms with Crippen LogP contribution in [0, 0.1) is 12.7 Å². The zero-order valence-electron chi connectivity index (χ0n) is 11.2. The number of rotatable bonds is 4. The van der Waals surface area contributed by atoms with Gasteiger partial charge in [-0.1, -0.05) is 23.7 Å². The first-order chi connectivity index (χ1) is 9.77. The molecule has 0 aliphatic carbocycles. The minimum Gasteiger partial charge on any atom is -0.381 e. The third-order valence-electron chi connectivity index (χ3n) is 3.00. The molecule has 0 fully saturated rings. The van der Waals surface area contributed by atoms with Crippen LogP contribution in [0.15, 0.2) is 41.3 Å². The van der Waals surface area contributed by atoms with Crippen molar-refractivity contribution >= 4 is 27.3 Å². The lowest BCUT2D eigenvalue weighted by Crippen LogP contribution is -2.13. The minimum absolute atomic E-state index is 0.0258. The number of sulfonamides is 1. The van der Waals surface area contributed by atoms with Crippen molar-refractivity contribution in [1.82, 2.24) is 0 Å². The maximum atomic E-state index is 13.3. The van der Waals surface area contributed by atoms with Crippen molar-refractivity contribution in [3.8, 4) is 0 Å². The van der Waals surface area contributed by atoms with E-state index in [-0.39, 0.29) is 9.92 Å². The number of hydrogen-bond donors (Lipinski definition) is 2. The van der Waals surface area contributed by atoms with Gasteiger partial charge in [-0.3, -0.25) is 0 Å². The Morgan fingerprint density at radius 2 is 1.95 bits per heavy atom. The molecule has 7 heteroatoms. The van der Waals surface area contributed by atoms with Crippen LogP contribution in [0.1, 0.15) is 11.1 Å². The molecule has 4 nitrogen and oxygen atoms in total. The second-order valence-electron chi connectivity index (χ2n) is 4.62. The lowest BCUT2D eigenvalue weighted by Gasteiger charge is -2.11. The molecule has 2 rings (SSSR count). The van der Waals surface area contributed by atoms with Crippen molar-refractivity contribution in [2.45, 2.75) is 18.4 Å². The summed E-state index contributed by atoms with van der Waals surface area (Å²) in [6.45, 7) is 2.17. The lowest BCUT2D eigenvalue weighted by molar-refractivity contribution is 0.598. The molecular weight excluding hydrogens is 315 g/mol. The summed E-state index contributed by atoms with van der Waals surface area (Å²) in [5.41, 5.74) is 2.17. The Labute approximate surface area is 127 Å². The monoisotopic (exact) mass is 328 g/mol. The molecule has 0 spiro atoms. The molecule has 0 heterocycles. The number of anilines is 1. The maximum absolute atomic E-state index is 13.3. The summed E-state index contributed by atoms with van der Waals surface area (Å²) in [5.74, 6) is -0.494. The summed E-state index contributed by atoms with van der Waals surface area (Å²) >= 11 is 5.62. The number of halogens is 2. The largest absolute Gasteiger partial charge is 0.381 e. The fraction of sp³-hybridized carbons (Fsp3) is 0.143. The number of nitrogens with one attached hydrogen (secondary N) is 1. The molecule has 3 N–H and O–H groups in total. The van der Waals surface area contributed by atoms with Gasteiger partial charge in [-0.25, -0.2) is 17.9 Å². The van der Waals surface area contributed by atoms with Gasteiger partial charge >= 0.3 is 0 Å². The number of hydrogen-bond acceptors (Lipinski definition) is 3. The van der Waals surface area contributed by atoms with E-state index in [9.17, 15) is 12.8 Å². The molecule has 2 aromatic carbocycles. The standard InChI is InChI=1S/C14H14ClFN2O2S/c1-9-2-4-11(21(17,19)20)7-14(9)18-8-10-3-5-12(15)13(16)6-10/h2-7,18H,8H2,1H3,(H2,17,19,20). The summed E-state index contributed by atoms with van der Waals surface area (Å²) in [7, 11) is -3.75. The highest BCUT2D eigenvalue weighted by atomic mass is 35.5. The van der Waals surface area contributed by atoms with E-state index in [1.165, 1.54) is 24.3 Å². The highest BCUT2D eigenvalue weighted by molar-refractivity contribution is 7.89. The number of benzene rings is 2. The van der Waals surface area contributed by atoms with Crippen LogP contribution in [0.25, 0.3) is 0 Å². The predicted molar refractivity (Wildman–Crippen MR) is 81.3 cm³/mol. The van der Waals surface area contributed by atoms with E-state index in [2.05, 4.69) is 5.32 Å². The van der Waals surface area contributed by atoms with E-state index in [1.54, 1.807) is 12.1 Å². The van der Waals surface area contributed by atoms with Crippen LogP contribution in [0.5, 0.6) is 0 Å². The molecule has 2 aromatic rings. The molecule has 0 aromatic heterocycles. The van der Waals surface area contributed by atoms with E-state index in [0.29, 0.717) is 17.8 Å². The molecule has 0 atom stereocenters. The average molecular weight is 329 g/mol. The highest BCUT2D eigenvalue weighted by Gasteiger charge is 2.10. The Morgan fingerprint density at radius 1 is 1.24 bits per heavy atom. The smallest absolute Gasteiger partial charge is 0.238 e. The first kappa shape index (κ1) is 15.8. The number of nitrogens with two attached hydrogens (primary N) is 1. The van der Waals surface area contributed by atoms with Gasteiger partial charge in [0.2, 0.25) is 10.0 Å². The Morgan fingerprint density at radius 3 is 2.57 bits per heavy atom. The molecule has 0 aliphatic rings. The van der Waals surface area contributed by atoms with E-state index < -0.39 is 15.8 Å². The zero-order chi connectivity index (χ0) is 15.6. The quantitative estimate of drug-likeness (QED) is 0.906. The molecular formula is C14H14ClFN2O2S. The Bertz CT molecular complexity index is 779. The summed E-state index contributed by atoms with van der Waals surface area (Å²) in [6.07, 6.45) is 0. The maximum Gasteiger partial charge on any atom is 0.238 e. The van der Waals surface area contributed by atoms with E-state index in [0.717, 1.165) is 5.56 Å². The Balaban J connectivity index is 2.21. The number of aryl methyl sites for hydroxylation is 1. The molecule has 112 valence electrons. The Kier molecular flexibility index (Phi) is 4.51. The van der Waals surface area contributed by atoms with Gasteiger partial charge in [0, 0.05) is 12.2 Å². The molecule has 0 unspecified atom stereocenters. The van der Waals surface area contributed by atoms with Crippen molar-refractivity contribution in [2.24, 2.45) is 5.14 Å². The Hall–Kier alpha value is -1.63. The van der Waals surface area contributed by atoms with Crippen molar-refractivity contribution in [1.29, 1.82) is 0 Å². The summed E-state index contributed by atoms with van der Waals surface area (Å²) in [5, 5.41) is 8.22. The molecule has 0 radical (unpaired) electrons. The normalized spacial score (nSPS) is 11.4. The summed E-state index contributed by atoms with van der Waals surface area (Å²) in [4.78, 5) is 0.0258. The van der Waals surface area contributed by atoms with Crippen LogP contribution >= 0.6 is 11.6 Å². The van der Waals surface area contributed by atoms with Crippen LogP contribution in [0.4, 0.5) is 10.1 Å². The molecule has 0 aliphatic heterocycles. The average Bonchev–Trinajstić information content (AvgIpc) is 2.40. The van der Waals surface area contributed by atoms with Gasteiger partial charge in [-0.05, 0) is 42.3 Å². The molecule has 0 bridgehead atoms. The summed E-state index contributed by atoms with van der Waals surface area (Å²) in [6, 6.07) is 9.05. The molecule has 21 heavy (non-hydrogen) atoms. The SMILES string of the molecule is Cc1ccc(S(N)(=O)=O)cc1NCc1ccc(Cl)c(F)c1. The predicted octanol–water partition coefficient (Wildman–Crippen LogP) is 3.05. The van der Waals surface area contributed by atoms with Crippen LogP contribution in [-0.4, -0.2) is 8.42 Å². The van der Waals surface area contributed by atoms with E-state index in [4.69, 9.17) is 16.7 Å². The summed E-state index contributed by atoms with van der Waals surface area (Å²) < 4.78 is 36.0. The molecule has 0 amide bonds. The van der Waals surface area contributed by atoms with Gasteiger partial charge in [0.25, 0.3) is 0 Å². The van der Waals surface area contributed by atoms with Crippen LogP contribution < -0.4 is 10.5 Å². The third-order valence-corrected chi connectivity index (χ3v) is 4.22. The molecule has 0 saturated heterocycles. The minimum atomic E-state index is -3.75. The van der Waals surface area contributed by atoms with Gasteiger partial charge in [0.05, 0.1) is 9.92 Å². The topological polar surface area (TPSA) is 72.2 Å². The second-order valence-corrected chi connectivity index (χ2v) is 6.59. The van der Waals surface area contributed by atoms with Gasteiger partial charge in [-0.2, -0.15) is 0 Å². The van der Waals surface area contributed by atoms with Crippen LogP contribution in [0.2, 0.25) is 5.02 Å². The van der Waals surface area contributed by atoms with Gasteiger partial charge in [-0.15, -0.1) is 0 Å². The number of primary sulfonamides is 1. The first-order valence-corrected chi connectivity index (χ1v) is 8.01. The van der Waals surface area contributed by atoms with E-state index >= 15 is 0 Å². The van der Waals surface area contributed by atoms with Gasteiger partial charge in [0.1, 0.15) is 5.82 Å². The van der Waals surface area contributed by atoms with Crippen molar-refractivity contribution in [3.05, 3.63) is 58.4 Å². The first-order valence-electron chi connectivity index (χ1n) is 6.08. The van der Waals surface area contributed by atoms with Gasteiger partial charge < -0.3 is 5.32 Å². The van der Waals surface area contributed by atoms with E-state index in [1.807, 2.05) is 6.92 Å². The lowest BCUT2D eigenvalue weighted by atomic mass is 10.1. The second kappa shape index (κ2) is 6.01. The molecule has 0 saturated carbocycles. The third kappa shape index (κ3) is 3.93. The zero-order valence-corrected chi connectivity index (χ0v) is 12.8. The van der Waals surface area contributed by atoms with Gasteiger partial charge in [0.15, 0.2) is 0 Å². The fourth-order valence-electron chi connectivity index (χ4n) is 1.82. The fourth-order valence-corrected chi connectivity index (χ4v) is 2.47. The highest BCUT2D eigenvalue weighted by Crippen LogP contribution is 2.21.